The number of amides is 1. The van der Waals surface area contributed by atoms with Gasteiger partial charge in [0.05, 0.1) is 16.1 Å². The Kier molecular flexibility index (Phi) is 5.01. The monoisotopic (exact) mass is 358 g/mol. The van der Waals surface area contributed by atoms with Crippen molar-refractivity contribution in [2.24, 2.45) is 5.92 Å². The van der Waals surface area contributed by atoms with Gasteiger partial charge >= 0.3 is 0 Å². The van der Waals surface area contributed by atoms with Crippen LogP contribution < -0.4 is 5.32 Å². The smallest absolute Gasteiger partial charge is 0.222 e. The Bertz CT molecular complexity index is 611. The molecule has 0 aromatic heterocycles. The Morgan fingerprint density at radius 1 is 1.39 bits per heavy atom. The Labute approximate surface area is 145 Å². The van der Waals surface area contributed by atoms with Gasteiger partial charge < -0.3 is 20.4 Å². The number of phenols is 1. The first kappa shape index (κ1) is 16.8. The lowest BCUT2D eigenvalue weighted by Gasteiger charge is -2.18. The molecule has 3 atom stereocenters. The molecular weight excluding hydrogens is 339 g/mol. The highest BCUT2D eigenvalue weighted by Crippen LogP contribution is 2.41. The van der Waals surface area contributed by atoms with E-state index < -0.39 is 6.10 Å². The highest BCUT2D eigenvalue weighted by molar-refractivity contribution is 6.42. The summed E-state index contributed by atoms with van der Waals surface area (Å²) < 4.78 is 0. The third-order valence-electron chi connectivity index (χ3n) is 4.66. The van der Waals surface area contributed by atoms with Crippen molar-refractivity contribution >= 4 is 29.1 Å². The number of aliphatic hydroxyl groups excluding tert-OH is 1. The number of benzene rings is 1. The molecule has 5 nitrogen and oxygen atoms in total. The zero-order chi connectivity index (χ0) is 16.6. The fraction of sp³-hybridized carbons (Fsp3) is 0.562. The highest BCUT2D eigenvalue weighted by atomic mass is 35.5. The van der Waals surface area contributed by atoms with Crippen LogP contribution in [0.4, 0.5) is 0 Å². The molecule has 2 saturated heterocycles. The van der Waals surface area contributed by atoms with Gasteiger partial charge in [-0.2, -0.15) is 0 Å². The predicted molar refractivity (Wildman–Crippen MR) is 88.8 cm³/mol. The summed E-state index contributed by atoms with van der Waals surface area (Å²) in [6.07, 6.45) is 1.42. The van der Waals surface area contributed by atoms with Gasteiger partial charge in [-0.25, -0.2) is 0 Å². The summed E-state index contributed by atoms with van der Waals surface area (Å²) in [4.78, 5) is 14.0. The molecule has 0 spiro atoms. The number of nitrogens with one attached hydrogen (secondary N) is 1. The topological polar surface area (TPSA) is 72.8 Å². The predicted octanol–water partition coefficient (Wildman–Crippen LogP) is 2.33. The number of hydrogen-bond donors (Lipinski definition) is 3. The minimum atomic E-state index is -0.393. The quantitative estimate of drug-likeness (QED) is 0.775. The summed E-state index contributed by atoms with van der Waals surface area (Å²) in [7, 11) is 0. The second kappa shape index (κ2) is 6.85. The van der Waals surface area contributed by atoms with Gasteiger partial charge in [-0.05, 0) is 37.4 Å². The minimum Gasteiger partial charge on any atom is -0.508 e. The van der Waals surface area contributed by atoms with Crippen molar-refractivity contribution in [2.75, 3.05) is 19.6 Å². The number of carbonyl (C=O) groups is 1. The van der Waals surface area contributed by atoms with E-state index in [9.17, 15) is 15.0 Å². The van der Waals surface area contributed by atoms with Crippen LogP contribution in [-0.4, -0.2) is 46.8 Å². The Morgan fingerprint density at radius 2 is 2.17 bits per heavy atom. The van der Waals surface area contributed by atoms with E-state index in [0.717, 1.165) is 6.42 Å². The van der Waals surface area contributed by atoms with Crippen LogP contribution in [0.15, 0.2) is 12.1 Å². The average molecular weight is 359 g/mol. The molecule has 0 saturated carbocycles. The number of carbonyl (C=O) groups excluding carboxylic acids is 1. The number of halogens is 2. The molecule has 2 heterocycles. The fourth-order valence-electron chi connectivity index (χ4n) is 3.42. The van der Waals surface area contributed by atoms with Gasteiger partial charge in [0, 0.05) is 31.1 Å². The summed E-state index contributed by atoms with van der Waals surface area (Å²) in [5.74, 6) is 0.377. The third kappa shape index (κ3) is 3.58. The normalized spacial score (nSPS) is 27.6. The zero-order valence-corrected chi connectivity index (χ0v) is 14.1. The molecular formula is C16H20Cl2N2O3. The number of hydrogen-bond acceptors (Lipinski definition) is 4. The molecule has 1 amide bonds. The second-order valence-electron chi connectivity index (χ2n) is 6.34. The van der Waals surface area contributed by atoms with Gasteiger partial charge in [-0.1, -0.05) is 23.2 Å². The van der Waals surface area contributed by atoms with Crippen LogP contribution >= 0.6 is 23.2 Å². The lowest BCUT2D eigenvalue weighted by molar-refractivity contribution is -0.131. The van der Waals surface area contributed by atoms with Crippen molar-refractivity contribution < 1.29 is 15.0 Å². The maximum absolute atomic E-state index is 12.3. The van der Waals surface area contributed by atoms with Crippen LogP contribution in [0.1, 0.15) is 30.9 Å². The van der Waals surface area contributed by atoms with Crippen molar-refractivity contribution in [3.63, 3.8) is 0 Å². The summed E-state index contributed by atoms with van der Waals surface area (Å²) >= 11 is 12.2. The first-order valence-electron chi connectivity index (χ1n) is 7.81. The molecule has 7 heteroatoms. The molecule has 2 fully saturated rings. The maximum atomic E-state index is 12.3. The van der Waals surface area contributed by atoms with Gasteiger partial charge in [0.25, 0.3) is 0 Å². The molecule has 1 aromatic rings. The van der Waals surface area contributed by atoms with E-state index in [1.807, 2.05) is 0 Å². The van der Waals surface area contributed by atoms with Crippen LogP contribution in [0.3, 0.4) is 0 Å². The van der Waals surface area contributed by atoms with Crippen LogP contribution in [0.2, 0.25) is 10.0 Å². The number of aliphatic hydroxyl groups is 1. The van der Waals surface area contributed by atoms with Gasteiger partial charge in [0.2, 0.25) is 5.91 Å². The molecule has 23 heavy (non-hydrogen) atoms. The van der Waals surface area contributed by atoms with E-state index in [-0.39, 0.29) is 23.6 Å². The first-order chi connectivity index (χ1) is 11.0. The van der Waals surface area contributed by atoms with Crippen LogP contribution in [0.25, 0.3) is 0 Å². The number of β-amino-alcohol motifs (C(OH)–C–C–N with tert-alkyl or cyclic N) is 1. The van der Waals surface area contributed by atoms with Gasteiger partial charge in [0.15, 0.2) is 0 Å². The van der Waals surface area contributed by atoms with Crippen molar-refractivity contribution in [3.05, 3.63) is 27.7 Å². The van der Waals surface area contributed by atoms with E-state index in [4.69, 9.17) is 23.2 Å². The van der Waals surface area contributed by atoms with Crippen LogP contribution in [0.5, 0.6) is 5.75 Å². The van der Waals surface area contributed by atoms with Crippen molar-refractivity contribution in [2.45, 2.75) is 31.4 Å². The number of likely N-dealkylation sites (tertiary alicyclic amines) is 1. The lowest BCUT2D eigenvalue weighted by Crippen LogP contribution is -2.31. The molecule has 1 unspecified atom stereocenters. The van der Waals surface area contributed by atoms with Crippen molar-refractivity contribution in [1.82, 2.24) is 10.2 Å². The van der Waals surface area contributed by atoms with Gasteiger partial charge in [-0.3, -0.25) is 4.79 Å². The Balaban J connectivity index is 1.63. The van der Waals surface area contributed by atoms with Crippen molar-refractivity contribution in [3.8, 4) is 5.75 Å². The average Bonchev–Trinajstić information content (AvgIpc) is 3.13. The number of rotatable bonds is 3. The molecule has 2 aliphatic heterocycles. The SMILES string of the molecule is O=C(CC1CN[C@@H](c2c(O)ccc(Cl)c2Cl)C1)N1CC[C@H](O)C1. The molecule has 3 N–H and O–H groups in total. The van der Waals surface area contributed by atoms with Crippen molar-refractivity contribution in [1.29, 1.82) is 0 Å². The number of nitrogens with zero attached hydrogens (tertiary/aromatic N) is 1. The van der Waals surface area contributed by atoms with E-state index in [0.29, 0.717) is 48.1 Å². The van der Waals surface area contributed by atoms with E-state index >= 15 is 0 Å². The molecule has 3 rings (SSSR count). The number of aromatic hydroxyl groups is 1. The zero-order valence-electron chi connectivity index (χ0n) is 12.6. The van der Waals surface area contributed by atoms with Gasteiger partial charge in [0.1, 0.15) is 5.75 Å². The van der Waals surface area contributed by atoms with E-state index in [1.54, 1.807) is 11.0 Å². The summed E-state index contributed by atoms with van der Waals surface area (Å²) in [6.45, 7) is 1.75. The summed E-state index contributed by atoms with van der Waals surface area (Å²) in [6, 6.07) is 3.00. The standard InChI is InChI=1S/C16H20Cl2N2O3/c17-11-1-2-13(22)15(16(11)18)12-5-9(7-19-12)6-14(23)20-4-3-10(21)8-20/h1-2,9-10,12,19,21-22H,3-8H2/t9?,10-,12+/m0/s1. The van der Waals surface area contributed by atoms with E-state index in [1.165, 1.54) is 6.07 Å². The largest absolute Gasteiger partial charge is 0.508 e. The van der Waals surface area contributed by atoms with Gasteiger partial charge in [-0.15, -0.1) is 0 Å². The molecule has 126 valence electrons. The maximum Gasteiger partial charge on any atom is 0.222 e. The van der Waals surface area contributed by atoms with Crippen LogP contribution in [-0.2, 0) is 4.79 Å². The molecule has 1 aromatic carbocycles. The fourth-order valence-corrected chi connectivity index (χ4v) is 3.87. The molecule has 0 bridgehead atoms. The third-order valence-corrected chi connectivity index (χ3v) is 5.48. The second-order valence-corrected chi connectivity index (χ2v) is 7.13. The Morgan fingerprint density at radius 3 is 2.87 bits per heavy atom. The number of phenolic OH excluding ortho intramolecular Hbond substituents is 1. The Hall–Kier alpha value is -1.01. The van der Waals surface area contributed by atoms with Crippen LogP contribution in [0, 0.1) is 5.92 Å². The minimum absolute atomic E-state index is 0.0791. The summed E-state index contributed by atoms with van der Waals surface area (Å²) in [5, 5.41) is 23.7. The summed E-state index contributed by atoms with van der Waals surface area (Å²) in [5.41, 5.74) is 0.603. The molecule has 0 radical (unpaired) electrons. The molecule has 2 aliphatic rings. The highest BCUT2D eigenvalue weighted by Gasteiger charge is 2.33. The van der Waals surface area contributed by atoms with E-state index in [2.05, 4.69) is 5.32 Å². The molecule has 0 aliphatic carbocycles. The first-order valence-corrected chi connectivity index (χ1v) is 8.57. The lowest BCUT2D eigenvalue weighted by atomic mass is 9.96.